The van der Waals surface area contributed by atoms with Crippen LogP contribution in [0.15, 0.2) is 30.5 Å². The summed E-state index contributed by atoms with van der Waals surface area (Å²) in [4.78, 5) is 19.5. The Bertz CT molecular complexity index is 644. The molecule has 6 heteroatoms. The van der Waals surface area contributed by atoms with E-state index in [9.17, 15) is 4.79 Å². The minimum absolute atomic E-state index is 0.233. The zero-order valence-electron chi connectivity index (χ0n) is 12.0. The van der Waals surface area contributed by atoms with E-state index in [-0.39, 0.29) is 5.56 Å². The highest BCUT2D eigenvalue weighted by Gasteiger charge is 2.08. The zero-order chi connectivity index (χ0) is 15.2. The number of aromatic carboxylic acids is 1. The average Bonchev–Trinajstić information content (AvgIpc) is 2.52. The van der Waals surface area contributed by atoms with Crippen LogP contribution in [0, 0.1) is 0 Å². The van der Waals surface area contributed by atoms with E-state index >= 15 is 0 Å². The number of anilines is 1. The minimum Gasteiger partial charge on any atom is -0.481 e. The number of hydrogen-bond donors (Lipinski definition) is 2. The van der Waals surface area contributed by atoms with Gasteiger partial charge in [-0.15, -0.1) is 0 Å². The van der Waals surface area contributed by atoms with Gasteiger partial charge >= 0.3 is 5.97 Å². The lowest BCUT2D eigenvalue weighted by Gasteiger charge is -2.09. The number of hydrogen-bond acceptors (Lipinski definition) is 5. The van der Waals surface area contributed by atoms with Gasteiger partial charge in [0.2, 0.25) is 5.88 Å². The minimum atomic E-state index is -0.958. The van der Waals surface area contributed by atoms with Crippen molar-refractivity contribution >= 4 is 11.8 Å². The first-order chi connectivity index (χ1) is 10.1. The lowest BCUT2D eigenvalue weighted by molar-refractivity contribution is 0.0696. The fourth-order valence-corrected chi connectivity index (χ4v) is 1.85. The molecular weight excluding hydrogens is 270 g/mol. The Morgan fingerprint density at radius 3 is 2.86 bits per heavy atom. The molecule has 0 unspecified atom stereocenters. The van der Waals surface area contributed by atoms with Crippen LogP contribution in [0.3, 0.4) is 0 Å². The molecule has 0 atom stereocenters. The molecule has 0 saturated heterocycles. The molecule has 6 nitrogen and oxygen atoms in total. The van der Waals surface area contributed by atoms with E-state index in [1.54, 1.807) is 19.4 Å². The number of rotatable bonds is 6. The van der Waals surface area contributed by atoms with Gasteiger partial charge in [0.15, 0.2) is 0 Å². The second-order valence-electron chi connectivity index (χ2n) is 4.45. The molecule has 0 aliphatic heterocycles. The molecule has 110 valence electrons. The molecule has 2 rings (SSSR count). The number of carboxylic acids is 1. The van der Waals surface area contributed by atoms with Crippen molar-refractivity contribution in [2.75, 3.05) is 12.4 Å². The van der Waals surface area contributed by atoms with Crippen molar-refractivity contribution in [3.05, 3.63) is 47.3 Å². The van der Waals surface area contributed by atoms with Crippen LogP contribution in [0.5, 0.6) is 5.88 Å². The van der Waals surface area contributed by atoms with E-state index in [1.165, 1.54) is 6.07 Å². The second kappa shape index (κ2) is 6.69. The van der Waals surface area contributed by atoms with Crippen LogP contribution in [-0.2, 0) is 13.0 Å². The van der Waals surface area contributed by atoms with Gasteiger partial charge < -0.3 is 15.2 Å². The van der Waals surface area contributed by atoms with Crippen LogP contribution in [0.1, 0.15) is 28.5 Å². The summed E-state index contributed by atoms with van der Waals surface area (Å²) in [5.74, 6) is 0.124. The highest BCUT2D eigenvalue weighted by molar-refractivity contribution is 5.88. The van der Waals surface area contributed by atoms with Gasteiger partial charge in [0.1, 0.15) is 5.82 Å². The van der Waals surface area contributed by atoms with Gasteiger partial charge in [-0.2, -0.15) is 0 Å². The van der Waals surface area contributed by atoms with Crippen molar-refractivity contribution in [3.63, 3.8) is 0 Å². The summed E-state index contributed by atoms with van der Waals surface area (Å²) in [7, 11) is 1.56. The normalized spacial score (nSPS) is 10.2. The molecule has 0 spiro atoms. The van der Waals surface area contributed by atoms with Gasteiger partial charge in [-0.3, -0.25) is 0 Å². The topological polar surface area (TPSA) is 84.3 Å². The maximum atomic E-state index is 11.1. The number of aryl methyl sites for hydroxylation is 1. The highest BCUT2D eigenvalue weighted by atomic mass is 16.5. The molecular formula is C15H17N3O3. The van der Waals surface area contributed by atoms with Gasteiger partial charge in [0.05, 0.1) is 12.7 Å². The van der Waals surface area contributed by atoms with E-state index in [4.69, 9.17) is 9.84 Å². The van der Waals surface area contributed by atoms with Crippen LogP contribution >= 0.6 is 0 Å². The molecule has 0 fully saturated rings. The predicted octanol–water partition coefficient (Wildman–Crippen LogP) is 2.36. The standard InChI is InChI=1S/C15H17N3O3/c1-3-12-7-11(15(19)20)8-13(18-12)17-9-10-4-5-16-14(6-10)21-2/h4-8H,3,9H2,1-2H3,(H,17,18)(H,19,20). The van der Waals surface area contributed by atoms with Crippen molar-refractivity contribution in [1.82, 2.24) is 9.97 Å². The summed E-state index contributed by atoms with van der Waals surface area (Å²) in [5, 5.41) is 12.2. The molecule has 0 radical (unpaired) electrons. The number of nitrogens with one attached hydrogen (secondary N) is 1. The largest absolute Gasteiger partial charge is 0.481 e. The van der Waals surface area contributed by atoms with Crippen LogP contribution in [0.4, 0.5) is 5.82 Å². The highest BCUT2D eigenvalue weighted by Crippen LogP contribution is 2.14. The fraction of sp³-hybridized carbons (Fsp3) is 0.267. The first-order valence-electron chi connectivity index (χ1n) is 6.59. The van der Waals surface area contributed by atoms with E-state index < -0.39 is 5.97 Å². The summed E-state index contributed by atoms with van der Waals surface area (Å²) in [5.41, 5.74) is 1.95. The number of methoxy groups -OCH3 is 1. The second-order valence-corrected chi connectivity index (χ2v) is 4.45. The average molecular weight is 287 g/mol. The van der Waals surface area contributed by atoms with Crippen molar-refractivity contribution in [2.45, 2.75) is 19.9 Å². The Hall–Kier alpha value is -2.63. The van der Waals surface area contributed by atoms with Crippen LogP contribution in [0.25, 0.3) is 0 Å². The maximum absolute atomic E-state index is 11.1. The number of aromatic nitrogens is 2. The van der Waals surface area contributed by atoms with Crippen molar-refractivity contribution < 1.29 is 14.6 Å². The Balaban J connectivity index is 2.15. The van der Waals surface area contributed by atoms with Gasteiger partial charge in [-0.1, -0.05) is 6.92 Å². The van der Waals surface area contributed by atoms with E-state index in [1.807, 2.05) is 19.1 Å². The van der Waals surface area contributed by atoms with Crippen molar-refractivity contribution in [3.8, 4) is 5.88 Å². The summed E-state index contributed by atoms with van der Waals surface area (Å²) in [6, 6.07) is 6.79. The van der Waals surface area contributed by atoms with Gasteiger partial charge in [0.25, 0.3) is 0 Å². The molecule has 0 saturated carbocycles. The molecule has 2 heterocycles. The number of nitrogens with zero attached hydrogens (tertiary/aromatic N) is 2. The lowest BCUT2D eigenvalue weighted by Crippen LogP contribution is -2.06. The van der Waals surface area contributed by atoms with Gasteiger partial charge in [-0.25, -0.2) is 14.8 Å². The number of pyridine rings is 2. The molecule has 0 aliphatic rings. The molecule has 0 aromatic carbocycles. The SMILES string of the molecule is CCc1cc(C(=O)O)cc(NCc2ccnc(OC)c2)n1. The molecule has 2 aromatic heterocycles. The Morgan fingerprint density at radius 2 is 2.19 bits per heavy atom. The number of carboxylic acid groups (broad SMARTS) is 1. The fourth-order valence-electron chi connectivity index (χ4n) is 1.85. The third kappa shape index (κ3) is 3.92. The Labute approximate surface area is 122 Å². The van der Waals surface area contributed by atoms with E-state index in [0.29, 0.717) is 24.7 Å². The summed E-state index contributed by atoms with van der Waals surface area (Å²) in [6.07, 6.45) is 2.34. The van der Waals surface area contributed by atoms with Gasteiger partial charge in [-0.05, 0) is 30.2 Å². The Morgan fingerprint density at radius 1 is 1.38 bits per heavy atom. The molecule has 0 bridgehead atoms. The predicted molar refractivity (Wildman–Crippen MR) is 78.7 cm³/mol. The van der Waals surface area contributed by atoms with E-state index in [0.717, 1.165) is 11.3 Å². The van der Waals surface area contributed by atoms with Crippen LogP contribution in [0.2, 0.25) is 0 Å². The summed E-state index contributed by atoms with van der Waals surface area (Å²) >= 11 is 0. The maximum Gasteiger partial charge on any atom is 0.335 e. The first-order valence-corrected chi connectivity index (χ1v) is 6.59. The molecule has 0 aliphatic carbocycles. The quantitative estimate of drug-likeness (QED) is 0.848. The monoisotopic (exact) mass is 287 g/mol. The smallest absolute Gasteiger partial charge is 0.335 e. The third-order valence-corrected chi connectivity index (χ3v) is 2.97. The molecule has 2 aromatic rings. The summed E-state index contributed by atoms with van der Waals surface area (Å²) in [6.45, 7) is 2.45. The van der Waals surface area contributed by atoms with Crippen LogP contribution < -0.4 is 10.1 Å². The zero-order valence-corrected chi connectivity index (χ0v) is 12.0. The summed E-state index contributed by atoms with van der Waals surface area (Å²) < 4.78 is 5.06. The molecule has 2 N–H and O–H groups in total. The number of carbonyl (C=O) groups is 1. The van der Waals surface area contributed by atoms with E-state index in [2.05, 4.69) is 15.3 Å². The number of ether oxygens (including phenoxy) is 1. The molecule has 21 heavy (non-hydrogen) atoms. The lowest BCUT2D eigenvalue weighted by atomic mass is 10.2. The Kier molecular flexibility index (Phi) is 4.71. The van der Waals surface area contributed by atoms with Gasteiger partial charge in [0, 0.05) is 24.5 Å². The third-order valence-electron chi connectivity index (χ3n) is 2.97. The first kappa shape index (κ1) is 14.8. The van der Waals surface area contributed by atoms with Crippen molar-refractivity contribution in [1.29, 1.82) is 0 Å². The molecule has 0 amide bonds. The van der Waals surface area contributed by atoms with Crippen molar-refractivity contribution in [2.24, 2.45) is 0 Å². The van der Waals surface area contributed by atoms with Crippen LogP contribution in [-0.4, -0.2) is 28.2 Å².